The lowest BCUT2D eigenvalue weighted by atomic mass is 10.2. The van der Waals surface area contributed by atoms with Gasteiger partial charge < -0.3 is 9.67 Å². The molecular formula is C15H14N2O2S. The number of carboxylic acid groups (broad SMARTS) is 1. The van der Waals surface area contributed by atoms with Crippen LogP contribution in [0.1, 0.15) is 27.3 Å². The van der Waals surface area contributed by atoms with Crippen LogP contribution in [0.15, 0.2) is 29.0 Å². The molecule has 0 atom stereocenters. The summed E-state index contributed by atoms with van der Waals surface area (Å²) in [5.74, 6) is -0.0165. The highest BCUT2D eigenvalue weighted by atomic mass is 32.1. The average molecular weight is 286 g/mol. The predicted octanol–water partition coefficient (Wildman–Crippen LogP) is 3.46. The first kappa shape index (κ1) is 12.9. The van der Waals surface area contributed by atoms with Crippen molar-refractivity contribution in [3.8, 4) is 0 Å². The molecular weight excluding hydrogens is 272 g/mol. The van der Waals surface area contributed by atoms with Crippen molar-refractivity contribution in [3.05, 3.63) is 51.5 Å². The molecule has 0 fully saturated rings. The van der Waals surface area contributed by atoms with Crippen LogP contribution in [-0.2, 0) is 6.54 Å². The Hall–Kier alpha value is -2.14. The van der Waals surface area contributed by atoms with Crippen LogP contribution in [0.5, 0.6) is 0 Å². The highest BCUT2D eigenvalue weighted by Gasteiger charge is 2.12. The molecule has 5 heteroatoms. The summed E-state index contributed by atoms with van der Waals surface area (Å²) in [6, 6.07) is 5.05. The molecule has 0 aliphatic rings. The summed E-state index contributed by atoms with van der Waals surface area (Å²) in [7, 11) is 0. The summed E-state index contributed by atoms with van der Waals surface area (Å²) >= 11 is 1.68. The molecule has 102 valence electrons. The number of fused-ring (bicyclic) bond motifs is 1. The van der Waals surface area contributed by atoms with Gasteiger partial charge in [0.1, 0.15) is 5.82 Å². The Labute approximate surface area is 120 Å². The number of aromatic nitrogens is 2. The van der Waals surface area contributed by atoms with Gasteiger partial charge in [0, 0.05) is 0 Å². The molecule has 3 rings (SSSR count). The van der Waals surface area contributed by atoms with Crippen molar-refractivity contribution in [2.75, 3.05) is 0 Å². The number of aryl methyl sites for hydroxylation is 2. The second-order valence-corrected chi connectivity index (χ2v) is 5.58. The lowest BCUT2D eigenvalue weighted by molar-refractivity contribution is 0.0697. The van der Waals surface area contributed by atoms with E-state index in [0.29, 0.717) is 5.56 Å². The van der Waals surface area contributed by atoms with Crippen LogP contribution in [0.3, 0.4) is 0 Å². The van der Waals surface area contributed by atoms with Crippen LogP contribution < -0.4 is 0 Å². The maximum absolute atomic E-state index is 11.1. The van der Waals surface area contributed by atoms with Gasteiger partial charge in [-0.3, -0.25) is 0 Å². The largest absolute Gasteiger partial charge is 0.478 e. The number of rotatable bonds is 3. The fourth-order valence-corrected chi connectivity index (χ4v) is 3.14. The molecule has 0 bridgehead atoms. The Morgan fingerprint density at radius 1 is 1.35 bits per heavy atom. The predicted molar refractivity (Wildman–Crippen MR) is 79.6 cm³/mol. The minimum absolute atomic E-state index is 0.292. The lowest BCUT2D eigenvalue weighted by Gasteiger charge is -2.07. The first-order chi connectivity index (χ1) is 9.56. The fourth-order valence-electron chi connectivity index (χ4n) is 2.29. The van der Waals surface area contributed by atoms with Crippen molar-refractivity contribution >= 4 is 28.3 Å². The van der Waals surface area contributed by atoms with Crippen LogP contribution in [0, 0.1) is 13.8 Å². The van der Waals surface area contributed by atoms with Gasteiger partial charge in [-0.25, -0.2) is 9.78 Å². The summed E-state index contributed by atoms with van der Waals surface area (Å²) < 4.78 is 2.07. The van der Waals surface area contributed by atoms with Crippen LogP contribution >= 0.6 is 11.3 Å². The van der Waals surface area contributed by atoms with Crippen LogP contribution in [0.4, 0.5) is 0 Å². The third kappa shape index (κ3) is 2.10. The van der Waals surface area contributed by atoms with Gasteiger partial charge in [-0.15, -0.1) is 0 Å². The van der Waals surface area contributed by atoms with E-state index in [0.717, 1.165) is 23.4 Å². The number of carbonyl (C=O) groups is 1. The topological polar surface area (TPSA) is 55.1 Å². The molecule has 20 heavy (non-hydrogen) atoms. The number of carboxylic acids is 1. The smallest absolute Gasteiger partial charge is 0.335 e. The van der Waals surface area contributed by atoms with Crippen molar-refractivity contribution in [3.63, 3.8) is 0 Å². The summed E-state index contributed by atoms with van der Waals surface area (Å²) in [5, 5.41) is 13.4. The van der Waals surface area contributed by atoms with Gasteiger partial charge in [0.15, 0.2) is 0 Å². The van der Waals surface area contributed by atoms with E-state index in [-0.39, 0.29) is 0 Å². The molecule has 3 aromatic rings. The number of imidazole rings is 1. The molecule has 0 aliphatic carbocycles. The molecule has 0 amide bonds. The van der Waals surface area contributed by atoms with E-state index in [2.05, 4.69) is 27.2 Å². The number of aromatic carboxylic acids is 1. The zero-order valence-electron chi connectivity index (χ0n) is 11.3. The Morgan fingerprint density at radius 2 is 2.15 bits per heavy atom. The molecule has 0 saturated carbocycles. The van der Waals surface area contributed by atoms with E-state index < -0.39 is 5.97 Å². The van der Waals surface area contributed by atoms with Gasteiger partial charge in [-0.1, -0.05) is 0 Å². The molecule has 1 N–H and O–H groups in total. The van der Waals surface area contributed by atoms with E-state index in [1.807, 2.05) is 6.92 Å². The maximum atomic E-state index is 11.1. The summed E-state index contributed by atoms with van der Waals surface area (Å²) in [6.45, 7) is 4.76. The van der Waals surface area contributed by atoms with Crippen LogP contribution in [-0.4, -0.2) is 20.6 Å². The van der Waals surface area contributed by atoms with E-state index in [1.54, 1.807) is 29.5 Å². The minimum Gasteiger partial charge on any atom is -0.478 e. The Balaban J connectivity index is 2.13. The quantitative estimate of drug-likeness (QED) is 0.802. The molecule has 2 aromatic heterocycles. The van der Waals surface area contributed by atoms with E-state index in [4.69, 9.17) is 5.11 Å². The fraction of sp³-hybridized carbons (Fsp3) is 0.200. The van der Waals surface area contributed by atoms with Crippen molar-refractivity contribution in [1.29, 1.82) is 0 Å². The second kappa shape index (κ2) is 4.76. The molecule has 0 spiro atoms. The molecule has 1 aromatic carbocycles. The van der Waals surface area contributed by atoms with Crippen molar-refractivity contribution in [2.24, 2.45) is 0 Å². The Bertz CT molecular complexity index is 801. The maximum Gasteiger partial charge on any atom is 0.335 e. The molecule has 0 aliphatic heterocycles. The van der Waals surface area contributed by atoms with Gasteiger partial charge in [0.25, 0.3) is 0 Å². The van der Waals surface area contributed by atoms with Gasteiger partial charge in [-0.05, 0) is 53.9 Å². The van der Waals surface area contributed by atoms with E-state index in [9.17, 15) is 4.79 Å². The van der Waals surface area contributed by atoms with Crippen molar-refractivity contribution < 1.29 is 9.90 Å². The number of thiophene rings is 1. The number of hydrogen-bond donors (Lipinski definition) is 1. The first-order valence-corrected chi connectivity index (χ1v) is 7.22. The summed E-state index contributed by atoms with van der Waals surface area (Å²) in [6.07, 6.45) is 0. The minimum atomic E-state index is -0.913. The van der Waals surface area contributed by atoms with Gasteiger partial charge in [0.2, 0.25) is 0 Å². The Morgan fingerprint density at radius 3 is 2.80 bits per heavy atom. The summed E-state index contributed by atoms with van der Waals surface area (Å²) in [4.78, 5) is 15.6. The highest BCUT2D eigenvalue weighted by Crippen LogP contribution is 2.22. The third-order valence-corrected chi connectivity index (χ3v) is 4.39. The molecule has 0 unspecified atom stereocenters. The molecule has 0 saturated heterocycles. The SMILES string of the molecule is Cc1cscc1Cn1c(C)nc2ccc(C(=O)O)cc21. The third-order valence-electron chi connectivity index (χ3n) is 3.48. The van der Waals surface area contributed by atoms with Crippen molar-refractivity contribution in [2.45, 2.75) is 20.4 Å². The molecule has 4 nitrogen and oxygen atoms in total. The van der Waals surface area contributed by atoms with Crippen LogP contribution in [0.25, 0.3) is 11.0 Å². The van der Waals surface area contributed by atoms with Gasteiger partial charge in [-0.2, -0.15) is 11.3 Å². The molecule has 0 radical (unpaired) electrons. The number of nitrogens with zero attached hydrogens (tertiary/aromatic N) is 2. The average Bonchev–Trinajstić information content (AvgIpc) is 2.94. The van der Waals surface area contributed by atoms with Gasteiger partial charge in [0.05, 0.1) is 23.1 Å². The van der Waals surface area contributed by atoms with E-state index >= 15 is 0 Å². The lowest BCUT2D eigenvalue weighted by Crippen LogP contribution is -2.03. The monoisotopic (exact) mass is 286 g/mol. The van der Waals surface area contributed by atoms with Gasteiger partial charge >= 0.3 is 5.97 Å². The Kier molecular flexibility index (Phi) is 3.06. The van der Waals surface area contributed by atoms with E-state index in [1.165, 1.54) is 11.1 Å². The zero-order valence-corrected chi connectivity index (χ0v) is 12.1. The van der Waals surface area contributed by atoms with Crippen LogP contribution in [0.2, 0.25) is 0 Å². The van der Waals surface area contributed by atoms with Crippen molar-refractivity contribution in [1.82, 2.24) is 9.55 Å². The first-order valence-electron chi connectivity index (χ1n) is 6.28. The highest BCUT2D eigenvalue weighted by molar-refractivity contribution is 7.08. The normalized spacial score (nSPS) is 11.1. The standard InChI is InChI=1S/C15H14N2O2S/c1-9-7-20-8-12(9)6-17-10(2)16-13-4-3-11(15(18)19)5-14(13)17/h3-5,7-8H,6H2,1-2H3,(H,18,19). The second-order valence-electron chi connectivity index (χ2n) is 4.83. The zero-order chi connectivity index (χ0) is 14.3. The molecule has 2 heterocycles. The number of hydrogen-bond acceptors (Lipinski definition) is 3. The number of benzene rings is 1. The summed E-state index contributed by atoms with van der Waals surface area (Å²) in [5.41, 5.74) is 4.50.